The van der Waals surface area contributed by atoms with Crippen molar-refractivity contribution in [2.45, 2.75) is 12.8 Å². The van der Waals surface area contributed by atoms with Crippen molar-refractivity contribution in [2.75, 3.05) is 13.1 Å². The highest BCUT2D eigenvalue weighted by Gasteiger charge is 2.21. The lowest BCUT2D eigenvalue weighted by molar-refractivity contribution is -0.123. The third kappa shape index (κ3) is 2.88. The number of nitrogens with one attached hydrogen (secondary N) is 2. The Balaban J connectivity index is 2.34. The normalized spacial score (nSPS) is 21.8. The molecule has 1 atom stereocenters. The van der Waals surface area contributed by atoms with E-state index < -0.39 is 11.3 Å². The smallest absolute Gasteiger partial charge is 0.261 e. The fourth-order valence-corrected chi connectivity index (χ4v) is 1.59. The largest absolute Gasteiger partial charge is 0.317 e. The van der Waals surface area contributed by atoms with Crippen LogP contribution in [0.25, 0.3) is 0 Å². The average molecular weight is 192 g/mol. The van der Waals surface area contributed by atoms with Crippen LogP contribution in [0, 0.1) is 5.92 Å². The van der Waals surface area contributed by atoms with E-state index in [9.17, 15) is 9.00 Å². The molecule has 0 aliphatic carbocycles. The fraction of sp³-hybridized carbons (Fsp3) is 0.833. The van der Waals surface area contributed by atoms with Gasteiger partial charge < -0.3 is 5.32 Å². The zero-order chi connectivity index (χ0) is 8.97. The maximum absolute atomic E-state index is 11.1. The molecule has 1 aliphatic heterocycles. The van der Waals surface area contributed by atoms with Crippen molar-refractivity contribution < 1.29 is 13.6 Å². The quantitative estimate of drug-likeness (QED) is 0.502. The van der Waals surface area contributed by atoms with Crippen LogP contribution in [0.4, 0.5) is 0 Å². The van der Waals surface area contributed by atoms with Crippen LogP contribution < -0.4 is 10.0 Å². The second-order valence-electron chi connectivity index (χ2n) is 2.74. The summed E-state index contributed by atoms with van der Waals surface area (Å²) < 4.78 is 20.6. The molecule has 5 nitrogen and oxygen atoms in total. The van der Waals surface area contributed by atoms with Crippen LogP contribution in [-0.4, -0.2) is 27.8 Å². The molecule has 0 aromatic heterocycles. The summed E-state index contributed by atoms with van der Waals surface area (Å²) in [6, 6.07) is 0. The Kier molecular flexibility index (Phi) is 3.64. The summed E-state index contributed by atoms with van der Waals surface area (Å²) in [4.78, 5) is 11.1. The van der Waals surface area contributed by atoms with E-state index in [1.807, 2.05) is 4.72 Å². The SMILES string of the molecule is O=C(NS(=O)O)C1CCNCC1. The number of carbonyl (C=O) groups excluding carboxylic acids is 1. The molecule has 1 heterocycles. The van der Waals surface area contributed by atoms with Crippen LogP contribution in [0.2, 0.25) is 0 Å². The second kappa shape index (κ2) is 4.54. The maximum Gasteiger partial charge on any atom is 0.261 e. The lowest BCUT2D eigenvalue weighted by atomic mass is 9.98. The van der Waals surface area contributed by atoms with Crippen molar-refractivity contribution in [1.82, 2.24) is 10.0 Å². The summed E-state index contributed by atoms with van der Waals surface area (Å²) >= 11 is -2.22. The van der Waals surface area contributed by atoms with Gasteiger partial charge in [-0.15, -0.1) is 0 Å². The van der Waals surface area contributed by atoms with Crippen LogP contribution in [0.15, 0.2) is 0 Å². The molecule has 12 heavy (non-hydrogen) atoms. The molecule has 6 heteroatoms. The van der Waals surface area contributed by atoms with Gasteiger partial charge in [-0.1, -0.05) is 0 Å². The predicted molar refractivity (Wildman–Crippen MR) is 44.5 cm³/mol. The third-order valence-electron chi connectivity index (χ3n) is 1.90. The first-order valence-electron chi connectivity index (χ1n) is 3.82. The highest BCUT2D eigenvalue weighted by Crippen LogP contribution is 2.10. The van der Waals surface area contributed by atoms with Crippen LogP contribution in [0.1, 0.15) is 12.8 Å². The summed E-state index contributed by atoms with van der Waals surface area (Å²) in [5.41, 5.74) is 0. The Morgan fingerprint density at radius 3 is 2.58 bits per heavy atom. The summed E-state index contributed by atoms with van der Waals surface area (Å²) in [5, 5.41) is 3.10. The van der Waals surface area contributed by atoms with Gasteiger partial charge in [0.25, 0.3) is 11.3 Å². The molecular weight excluding hydrogens is 180 g/mol. The Bertz CT molecular complexity index is 191. The van der Waals surface area contributed by atoms with Gasteiger partial charge >= 0.3 is 0 Å². The molecule has 0 aromatic rings. The van der Waals surface area contributed by atoms with E-state index in [0.29, 0.717) is 0 Å². The van der Waals surface area contributed by atoms with Gasteiger partial charge in [0.05, 0.1) is 0 Å². The predicted octanol–water partition coefficient (Wildman–Crippen LogP) is -0.761. The monoisotopic (exact) mass is 192 g/mol. The summed E-state index contributed by atoms with van der Waals surface area (Å²) in [6.45, 7) is 1.60. The molecule has 0 spiro atoms. The molecule has 0 saturated carbocycles. The Morgan fingerprint density at radius 2 is 2.08 bits per heavy atom. The molecule has 1 fully saturated rings. The van der Waals surface area contributed by atoms with Crippen molar-refractivity contribution in [3.63, 3.8) is 0 Å². The number of amides is 1. The van der Waals surface area contributed by atoms with E-state index in [1.54, 1.807) is 0 Å². The van der Waals surface area contributed by atoms with Gasteiger partial charge in [0.15, 0.2) is 0 Å². The first-order chi connectivity index (χ1) is 5.70. The van der Waals surface area contributed by atoms with Gasteiger partial charge in [-0.05, 0) is 25.9 Å². The highest BCUT2D eigenvalue weighted by atomic mass is 32.2. The van der Waals surface area contributed by atoms with Crippen molar-refractivity contribution in [1.29, 1.82) is 0 Å². The van der Waals surface area contributed by atoms with Crippen molar-refractivity contribution in [3.8, 4) is 0 Å². The summed E-state index contributed by atoms with van der Waals surface area (Å²) in [5.74, 6) is -0.431. The minimum atomic E-state index is -2.22. The molecule has 1 aliphatic rings. The van der Waals surface area contributed by atoms with E-state index >= 15 is 0 Å². The van der Waals surface area contributed by atoms with E-state index in [-0.39, 0.29) is 11.8 Å². The van der Waals surface area contributed by atoms with Gasteiger partial charge in [0.1, 0.15) is 0 Å². The second-order valence-corrected chi connectivity index (χ2v) is 3.44. The van der Waals surface area contributed by atoms with Crippen LogP contribution >= 0.6 is 0 Å². The molecule has 0 radical (unpaired) electrons. The van der Waals surface area contributed by atoms with Crippen LogP contribution in [-0.2, 0) is 16.1 Å². The number of piperidine rings is 1. The zero-order valence-corrected chi connectivity index (χ0v) is 7.39. The van der Waals surface area contributed by atoms with Gasteiger partial charge in [0, 0.05) is 5.92 Å². The van der Waals surface area contributed by atoms with Gasteiger partial charge in [-0.2, -0.15) is 0 Å². The standard InChI is InChI=1S/C6H12N2O3S/c9-6(8-12(10)11)5-1-3-7-4-2-5/h5,7H,1-4H2,(H,8,9)(H,10,11). The van der Waals surface area contributed by atoms with E-state index in [0.717, 1.165) is 25.9 Å². The topological polar surface area (TPSA) is 78.4 Å². The number of rotatable bonds is 2. The number of hydrogen-bond donors (Lipinski definition) is 3. The van der Waals surface area contributed by atoms with Crippen LogP contribution in [0.3, 0.4) is 0 Å². The van der Waals surface area contributed by atoms with E-state index in [1.165, 1.54) is 0 Å². The maximum atomic E-state index is 11.1. The minimum absolute atomic E-state index is 0.109. The molecule has 1 saturated heterocycles. The van der Waals surface area contributed by atoms with Crippen molar-refractivity contribution in [3.05, 3.63) is 0 Å². The Morgan fingerprint density at radius 1 is 1.50 bits per heavy atom. The van der Waals surface area contributed by atoms with Crippen molar-refractivity contribution >= 4 is 17.2 Å². The van der Waals surface area contributed by atoms with E-state index in [2.05, 4.69) is 5.32 Å². The molecular formula is C6H12N2O3S. The highest BCUT2D eigenvalue weighted by molar-refractivity contribution is 7.77. The third-order valence-corrected chi connectivity index (χ3v) is 2.27. The van der Waals surface area contributed by atoms with E-state index in [4.69, 9.17) is 4.55 Å². The number of hydrogen-bond acceptors (Lipinski definition) is 3. The van der Waals surface area contributed by atoms with Gasteiger partial charge in [-0.25, -0.2) is 4.21 Å². The number of carbonyl (C=O) groups is 1. The Labute approximate surface area is 73.3 Å². The Hall–Kier alpha value is -0.460. The lowest BCUT2D eigenvalue weighted by Gasteiger charge is -2.20. The first-order valence-corrected chi connectivity index (χ1v) is 4.93. The lowest BCUT2D eigenvalue weighted by Crippen LogP contribution is -2.38. The first kappa shape index (κ1) is 9.63. The molecule has 1 amide bonds. The van der Waals surface area contributed by atoms with Crippen molar-refractivity contribution in [2.24, 2.45) is 5.92 Å². The molecule has 1 unspecified atom stereocenters. The molecule has 3 N–H and O–H groups in total. The minimum Gasteiger partial charge on any atom is -0.317 e. The zero-order valence-electron chi connectivity index (χ0n) is 6.58. The summed E-state index contributed by atoms with van der Waals surface area (Å²) in [6.07, 6.45) is 1.48. The fourth-order valence-electron chi connectivity index (χ4n) is 1.25. The van der Waals surface area contributed by atoms with Crippen LogP contribution in [0.5, 0.6) is 0 Å². The summed E-state index contributed by atoms with van der Waals surface area (Å²) in [7, 11) is 0. The molecule has 0 bridgehead atoms. The molecule has 0 aromatic carbocycles. The average Bonchev–Trinajstić information content (AvgIpc) is 2.05. The molecule has 70 valence electrons. The molecule has 1 rings (SSSR count). The van der Waals surface area contributed by atoms with Gasteiger partial charge in [0.2, 0.25) is 5.91 Å². The van der Waals surface area contributed by atoms with Gasteiger partial charge in [-0.3, -0.25) is 14.1 Å².